The summed E-state index contributed by atoms with van der Waals surface area (Å²) < 4.78 is 1.68. The number of ketones is 1. The van der Waals surface area contributed by atoms with Gasteiger partial charge in [-0.3, -0.25) is 9.59 Å². The van der Waals surface area contributed by atoms with Crippen LogP contribution in [0.25, 0.3) is 0 Å². The van der Waals surface area contributed by atoms with Gasteiger partial charge in [-0.1, -0.05) is 11.6 Å². The van der Waals surface area contributed by atoms with Gasteiger partial charge >= 0.3 is 5.97 Å². The Hall–Kier alpha value is -2.11. The molecule has 6 heteroatoms. The first-order chi connectivity index (χ1) is 9.88. The van der Waals surface area contributed by atoms with Crippen LogP contribution in [0.1, 0.15) is 34.1 Å². The number of nitrogens with zero attached hydrogens (tertiary/aromatic N) is 1. The first-order valence-electron chi connectivity index (χ1n) is 6.32. The zero-order chi connectivity index (χ0) is 15.6. The van der Waals surface area contributed by atoms with Gasteiger partial charge in [-0.15, -0.1) is 0 Å². The topological polar surface area (TPSA) is 85.3 Å². The molecule has 0 saturated heterocycles. The third-order valence-corrected chi connectivity index (χ3v) is 3.44. The molecule has 0 aliphatic carbocycles. The summed E-state index contributed by atoms with van der Waals surface area (Å²) in [6.07, 6.45) is 1.46. The van der Waals surface area contributed by atoms with E-state index in [0.29, 0.717) is 21.8 Å². The highest BCUT2D eigenvalue weighted by molar-refractivity contribution is 6.30. The van der Waals surface area contributed by atoms with Crippen molar-refractivity contribution in [1.29, 1.82) is 0 Å². The largest absolute Gasteiger partial charge is 0.481 e. The Balaban J connectivity index is 2.27. The van der Waals surface area contributed by atoms with E-state index in [9.17, 15) is 9.59 Å². The van der Waals surface area contributed by atoms with Crippen molar-refractivity contribution in [2.24, 2.45) is 12.8 Å². The predicted octanol–water partition coefficient (Wildman–Crippen LogP) is 2.38. The van der Waals surface area contributed by atoms with Gasteiger partial charge in [0, 0.05) is 35.1 Å². The number of hydrogen-bond acceptors (Lipinski definition) is 3. The Kier molecular flexibility index (Phi) is 4.45. The van der Waals surface area contributed by atoms with Crippen molar-refractivity contribution in [2.45, 2.75) is 12.5 Å². The van der Waals surface area contributed by atoms with E-state index >= 15 is 0 Å². The minimum atomic E-state index is -0.978. The molecule has 1 aromatic carbocycles. The van der Waals surface area contributed by atoms with Crippen LogP contribution in [0.5, 0.6) is 0 Å². The van der Waals surface area contributed by atoms with E-state index in [2.05, 4.69) is 0 Å². The lowest BCUT2D eigenvalue weighted by Gasteiger charge is -2.09. The lowest BCUT2D eigenvalue weighted by atomic mass is 10.0. The van der Waals surface area contributed by atoms with Gasteiger partial charge in [0.05, 0.1) is 12.5 Å². The fraction of sp³-hybridized carbons (Fsp3) is 0.200. The van der Waals surface area contributed by atoms with E-state index < -0.39 is 12.0 Å². The molecule has 2 rings (SSSR count). The predicted molar refractivity (Wildman–Crippen MR) is 79.5 cm³/mol. The highest BCUT2D eigenvalue weighted by Gasteiger charge is 2.18. The molecule has 1 unspecified atom stereocenters. The van der Waals surface area contributed by atoms with E-state index in [1.54, 1.807) is 48.1 Å². The van der Waals surface area contributed by atoms with Crippen LogP contribution in [-0.4, -0.2) is 21.4 Å². The Morgan fingerprint density at radius 2 is 1.90 bits per heavy atom. The maximum absolute atomic E-state index is 12.4. The van der Waals surface area contributed by atoms with Gasteiger partial charge in [0.2, 0.25) is 0 Å². The van der Waals surface area contributed by atoms with Crippen LogP contribution in [0.3, 0.4) is 0 Å². The van der Waals surface area contributed by atoms with Crippen molar-refractivity contribution in [3.05, 3.63) is 58.4 Å². The zero-order valence-corrected chi connectivity index (χ0v) is 12.2. The minimum Gasteiger partial charge on any atom is -0.481 e. The van der Waals surface area contributed by atoms with Gasteiger partial charge in [-0.2, -0.15) is 0 Å². The van der Waals surface area contributed by atoms with Gasteiger partial charge in [0.25, 0.3) is 0 Å². The Labute approximate surface area is 126 Å². The van der Waals surface area contributed by atoms with Crippen LogP contribution in [0.15, 0.2) is 36.5 Å². The van der Waals surface area contributed by atoms with Crippen molar-refractivity contribution in [3.8, 4) is 0 Å². The monoisotopic (exact) mass is 306 g/mol. The summed E-state index contributed by atoms with van der Waals surface area (Å²) >= 11 is 5.79. The second-order valence-electron chi connectivity index (χ2n) is 4.80. The molecule has 0 fully saturated rings. The van der Waals surface area contributed by atoms with Crippen LogP contribution < -0.4 is 5.73 Å². The molecule has 5 nitrogen and oxygen atoms in total. The summed E-state index contributed by atoms with van der Waals surface area (Å²) in [6, 6.07) is 7.57. The van der Waals surface area contributed by atoms with Crippen LogP contribution in [-0.2, 0) is 11.8 Å². The molecule has 0 bridgehead atoms. The minimum absolute atomic E-state index is 0.156. The molecule has 0 saturated carbocycles. The number of aryl methyl sites for hydroxylation is 1. The van der Waals surface area contributed by atoms with E-state index in [4.69, 9.17) is 22.4 Å². The molecule has 1 aromatic heterocycles. The molecular weight excluding hydrogens is 292 g/mol. The first-order valence-corrected chi connectivity index (χ1v) is 6.70. The van der Waals surface area contributed by atoms with Gasteiger partial charge in [-0.05, 0) is 30.3 Å². The maximum Gasteiger partial charge on any atom is 0.305 e. The quantitative estimate of drug-likeness (QED) is 0.831. The van der Waals surface area contributed by atoms with Crippen molar-refractivity contribution in [2.75, 3.05) is 0 Å². The average molecular weight is 307 g/mol. The van der Waals surface area contributed by atoms with Gasteiger partial charge in [0.15, 0.2) is 5.78 Å². The van der Waals surface area contributed by atoms with E-state index in [1.807, 2.05) is 0 Å². The van der Waals surface area contributed by atoms with Crippen molar-refractivity contribution in [3.63, 3.8) is 0 Å². The third kappa shape index (κ3) is 3.51. The summed E-state index contributed by atoms with van der Waals surface area (Å²) in [7, 11) is 1.73. The van der Waals surface area contributed by atoms with Gasteiger partial charge < -0.3 is 15.4 Å². The van der Waals surface area contributed by atoms with E-state index in [1.165, 1.54) is 0 Å². The molecule has 0 aliphatic rings. The van der Waals surface area contributed by atoms with Crippen molar-refractivity contribution in [1.82, 2.24) is 4.57 Å². The number of halogens is 1. The number of nitrogens with two attached hydrogens (primary N) is 1. The summed E-state index contributed by atoms with van der Waals surface area (Å²) in [5.41, 5.74) is 7.43. The molecule has 0 aliphatic heterocycles. The first kappa shape index (κ1) is 15.3. The molecule has 0 amide bonds. The number of carbonyl (C=O) groups excluding carboxylic acids is 1. The number of aliphatic carboxylic acids is 1. The average Bonchev–Trinajstić information content (AvgIpc) is 2.80. The van der Waals surface area contributed by atoms with Crippen LogP contribution in [0.2, 0.25) is 5.02 Å². The summed E-state index contributed by atoms with van der Waals surface area (Å²) in [4.78, 5) is 23.1. The lowest BCUT2D eigenvalue weighted by Crippen LogP contribution is -2.17. The zero-order valence-electron chi connectivity index (χ0n) is 11.4. The molecule has 1 atom stereocenters. The summed E-state index contributed by atoms with van der Waals surface area (Å²) in [5, 5.41) is 9.35. The molecule has 21 heavy (non-hydrogen) atoms. The van der Waals surface area contributed by atoms with Crippen molar-refractivity contribution < 1.29 is 14.7 Å². The second-order valence-corrected chi connectivity index (χ2v) is 5.24. The number of benzene rings is 1. The highest BCUT2D eigenvalue weighted by Crippen LogP contribution is 2.20. The van der Waals surface area contributed by atoms with E-state index in [-0.39, 0.29) is 12.2 Å². The second kappa shape index (κ2) is 6.11. The standard InChI is InChI=1S/C15H15ClN2O3/c1-18-8-10(6-13(18)12(17)7-14(19)20)15(21)9-2-4-11(16)5-3-9/h2-6,8,12H,7,17H2,1H3,(H,19,20). The van der Waals surface area contributed by atoms with Gasteiger partial charge in [-0.25, -0.2) is 0 Å². The number of carboxylic acids is 1. The van der Waals surface area contributed by atoms with E-state index in [0.717, 1.165) is 0 Å². The number of hydrogen-bond donors (Lipinski definition) is 2. The number of aromatic nitrogens is 1. The Bertz CT molecular complexity index is 677. The number of rotatable bonds is 5. The van der Waals surface area contributed by atoms with Crippen molar-refractivity contribution >= 4 is 23.4 Å². The normalized spacial score (nSPS) is 12.1. The summed E-state index contributed by atoms with van der Waals surface area (Å²) in [5.74, 6) is -1.13. The molecular formula is C15H15ClN2O3. The number of carboxylic acid groups (broad SMARTS) is 1. The van der Waals surface area contributed by atoms with Crippen LogP contribution >= 0.6 is 11.6 Å². The SMILES string of the molecule is Cn1cc(C(=O)c2ccc(Cl)cc2)cc1C(N)CC(=O)O. The molecule has 3 N–H and O–H groups in total. The summed E-state index contributed by atoms with van der Waals surface area (Å²) in [6.45, 7) is 0. The highest BCUT2D eigenvalue weighted by atomic mass is 35.5. The molecule has 2 aromatic rings. The lowest BCUT2D eigenvalue weighted by molar-refractivity contribution is -0.137. The van der Waals surface area contributed by atoms with Crippen LogP contribution in [0, 0.1) is 0 Å². The number of carbonyl (C=O) groups is 2. The third-order valence-electron chi connectivity index (χ3n) is 3.19. The Morgan fingerprint density at radius 1 is 1.29 bits per heavy atom. The fourth-order valence-electron chi connectivity index (χ4n) is 2.13. The molecule has 110 valence electrons. The van der Waals surface area contributed by atoms with Gasteiger partial charge in [0.1, 0.15) is 0 Å². The smallest absolute Gasteiger partial charge is 0.305 e. The fourth-order valence-corrected chi connectivity index (χ4v) is 2.26. The maximum atomic E-state index is 12.4. The molecule has 0 spiro atoms. The molecule has 1 heterocycles. The van der Waals surface area contributed by atoms with Crippen LogP contribution in [0.4, 0.5) is 0 Å². The Morgan fingerprint density at radius 3 is 2.48 bits per heavy atom. The molecule has 0 radical (unpaired) electrons.